The number of benzene rings is 2. The Kier molecular flexibility index (Phi) is 7.23. The van der Waals surface area contributed by atoms with E-state index in [4.69, 9.17) is 4.74 Å². The maximum Gasteiger partial charge on any atom is 0.511 e. The summed E-state index contributed by atoms with van der Waals surface area (Å²) in [6.07, 6.45) is -5.51. The number of nitriles is 1. The molecule has 0 radical (unpaired) electrons. The fraction of sp³-hybridized carbons (Fsp3) is 0.227. The van der Waals surface area contributed by atoms with Crippen LogP contribution in [-0.2, 0) is 30.8 Å². The molecule has 0 saturated heterocycles. The summed E-state index contributed by atoms with van der Waals surface area (Å²) in [7, 11) is -8.88. The lowest BCUT2D eigenvalue weighted by Crippen LogP contribution is -2.52. The number of sulfonamides is 1. The molecule has 0 saturated carbocycles. The highest BCUT2D eigenvalue weighted by Crippen LogP contribution is 2.44. The first kappa shape index (κ1) is 28.5. The number of carboxylic acid groups (broad SMARTS) is 1. The lowest BCUT2D eigenvalue weighted by atomic mass is 9.99. The number of hydrogen-bond donors (Lipinski definition) is 1. The second kappa shape index (κ2) is 9.65. The zero-order chi connectivity index (χ0) is 28.8. The maximum atomic E-state index is 13.6. The maximum absolute atomic E-state index is 13.6. The van der Waals surface area contributed by atoms with Crippen LogP contribution in [0.3, 0.4) is 0 Å². The zero-order valence-electron chi connectivity index (χ0n) is 19.7. The molecule has 16 heteroatoms. The van der Waals surface area contributed by atoms with Gasteiger partial charge >= 0.3 is 18.4 Å². The van der Waals surface area contributed by atoms with Crippen LogP contribution in [-0.4, -0.2) is 50.9 Å². The predicted octanol–water partition coefficient (Wildman–Crippen LogP) is 3.85. The summed E-state index contributed by atoms with van der Waals surface area (Å²) < 4.78 is 95.9. The molecule has 2 amide bonds. The van der Waals surface area contributed by atoms with E-state index in [0.29, 0.717) is 23.3 Å². The standard InChI is InChI=1S/C22H18F3N3O8S2/c1-12-19(36-21(30)31)18(16-8-7-13(11-26)9-17(16)37(2,32)33)28(38(3,34)35)20(29)27(12)15-6-4-5-14(10-15)22(23,24)25/h4-10,18H,1-3H3,(H,30,31). The van der Waals surface area contributed by atoms with Crippen molar-refractivity contribution in [2.24, 2.45) is 0 Å². The molecule has 0 bridgehead atoms. The Labute approximate surface area is 214 Å². The van der Waals surface area contributed by atoms with Crippen LogP contribution in [0.1, 0.15) is 29.7 Å². The molecule has 1 heterocycles. The number of alkyl halides is 3. The number of rotatable bonds is 5. The third-order valence-electron chi connectivity index (χ3n) is 5.38. The molecule has 2 aromatic rings. The van der Waals surface area contributed by atoms with E-state index in [-0.39, 0.29) is 9.87 Å². The topological polar surface area (TPSA) is 162 Å². The Bertz CT molecular complexity index is 1630. The first-order valence-electron chi connectivity index (χ1n) is 10.2. The summed E-state index contributed by atoms with van der Waals surface area (Å²) in [4.78, 5) is 25.1. The molecule has 0 fully saturated rings. The van der Waals surface area contributed by atoms with Crippen LogP contribution in [0.4, 0.5) is 28.4 Å². The van der Waals surface area contributed by atoms with E-state index in [9.17, 15) is 50.0 Å². The van der Waals surface area contributed by atoms with Gasteiger partial charge in [-0.3, -0.25) is 4.90 Å². The van der Waals surface area contributed by atoms with Crippen LogP contribution in [0.5, 0.6) is 0 Å². The van der Waals surface area contributed by atoms with Crippen molar-refractivity contribution in [3.63, 3.8) is 0 Å². The Morgan fingerprint density at radius 2 is 1.74 bits per heavy atom. The molecular weight excluding hydrogens is 555 g/mol. The summed E-state index contributed by atoms with van der Waals surface area (Å²) in [6.45, 7) is 1.09. The quantitative estimate of drug-likeness (QED) is 0.524. The van der Waals surface area contributed by atoms with Gasteiger partial charge in [-0.2, -0.15) is 18.4 Å². The summed E-state index contributed by atoms with van der Waals surface area (Å²) in [6, 6.07) is 4.57. The van der Waals surface area contributed by atoms with E-state index < -0.39 is 77.4 Å². The fourth-order valence-corrected chi connectivity index (χ4v) is 5.77. The number of carbonyl (C=O) groups excluding carboxylic acids is 1. The van der Waals surface area contributed by atoms with Gasteiger partial charge in [0.2, 0.25) is 10.0 Å². The fourth-order valence-electron chi connectivity index (χ4n) is 3.87. The average Bonchev–Trinajstić information content (AvgIpc) is 2.78. The summed E-state index contributed by atoms with van der Waals surface area (Å²) >= 11 is 0. The zero-order valence-corrected chi connectivity index (χ0v) is 21.3. The van der Waals surface area contributed by atoms with Crippen LogP contribution in [0.15, 0.2) is 58.8 Å². The van der Waals surface area contributed by atoms with Crippen molar-refractivity contribution in [1.29, 1.82) is 5.26 Å². The number of halogens is 3. The Morgan fingerprint density at radius 3 is 2.24 bits per heavy atom. The van der Waals surface area contributed by atoms with Crippen LogP contribution in [0.2, 0.25) is 0 Å². The number of anilines is 1. The van der Waals surface area contributed by atoms with Gasteiger partial charge in [-0.1, -0.05) is 12.1 Å². The van der Waals surface area contributed by atoms with Crippen molar-refractivity contribution in [2.75, 3.05) is 17.4 Å². The summed E-state index contributed by atoms with van der Waals surface area (Å²) in [5, 5.41) is 18.6. The minimum absolute atomic E-state index is 0.106. The Balaban J connectivity index is 2.45. The first-order chi connectivity index (χ1) is 17.4. The summed E-state index contributed by atoms with van der Waals surface area (Å²) in [5.74, 6) is -0.769. The second-order valence-corrected chi connectivity index (χ2v) is 11.9. The van der Waals surface area contributed by atoms with Gasteiger partial charge in [0.15, 0.2) is 15.6 Å². The lowest BCUT2D eigenvalue weighted by molar-refractivity contribution is -0.137. The highest BCUT2D eigenvalue weighted by Gasteiger charge is 2.48. The molecule has 1 aliphatic rings. The smallest absolute Gasteiger partial charge is 0.449 e. The SMILES string of the molecule is CC1=C(OC(=O)O)C(c2ccc(C#N)cc2S(C)(=O)=O)N(S(C)(=O)=O)C(=O)N1c1cccc(C(F)(F)F)c1. The van der Waals surface area contributed by atoms with E-state index in [0.717, 1.165) is 43.5 Å². The molecule has 11 nitrogen and oxygen atoms in total. The van der Waals surface area contributed by atoms with Crippen molar-refractivity contribution in [1.82, 2.24) is 4.31 Å². The van der Waals surface area contributed by atoms with E-state index in [2.05, 4.69) is 0 Å². The van der Waals surface area contributed by atoms with E-state index in [1.54, 1.807) is 6.07 Å². The number of ether oxygens (including phenoxy) is 1. The number of allylic oxidation sites excluding steroid dienone is 1. The number of carbonyl (C=O) groups is 2. The molecule has 38 heavy (non-hydrogen) atoms. The first-order valence-corrected chi connectivity index (χ1v) is 14.0. The van der Waals surface area contributed by atoms with Gasteiger partial charge in [0.1, 0.15) is 6.04 Å². The second-order valence-electron chi connectivity index (χ2n) is 8.08. The molecule has 1 unspecified atom stereocenters. The van der Waals surface area contributed by atoms with Crippen molar-refractivity contribution in [2.45, 2.75) is 24.0 Å². The molecule has 1 aliphatic heterocycles. The minimum Gasteiger partial charge on any atom is -0.449 e. The normalized spacial score (nSPS) is 16.9. The van der Waals surface area contributed by atoms with Gasteiger partial charge in [0.05, 0.1) is 39.7 Å². The highest BCUT2D eigenvalue weighted by molar-refractivity contribution is 7.90. The minimum atomic E-state index is -4.83. The number of hydrogen-bond acceptors (Lipinski definition) is 8. The Hall–Kier alpha value is -4.10. The van der Waals surface area contributed by atoms with Gasteiger partial charge in [0, 0.05) is 11.8 Å². The number of nitrogens with zero attached hydrogens (tertiary/aromatic N) is 3. The van der Waals surface area contributed by atoms with E-state index in [1.807, 2.05) is 0 Å². The lowest BCUT2D eigenvalue weighted by Gasteiger charge is -2.41. The number of sulfone groups is 1. The number of urea groups is 1. The molecule has 0 spiro atoms. The van der Waals surface area contributed by atoms with Gasteiger partial charge in [0.25, 0.3) is 0 Å². The molecule has 1 N–H and O–H groups in total. The monoisotopic (exact) mass is 573 g/mol. The van der Waals surface area contributed by atoms with Crippen molar-refractivity contribution in [3.8, 4) is 6.07 Å². The Morgan fingerprint density at radius 1 is 1.11 bits per heavy atom. The summed E-state index contributed by atoms with van der Waals surface area (Å²) in [5.41, 5.74) is -2.65. The molecule has 1 atom stereocenters. The molecular formula is C22H18F3N3O8S2. The third kappa shape index (κ3) is 5.43. The molecule has 0 aliphatic carbocycles. The molecule has 0 aromatic heterocycles. The van der Waals surface area contributed by atoms with Gasteiger partial charge in [-0.15, -0.1) is 0 Å². The van der Waals surface area contributed by atoms with Crippen LogP contribution >= 0.6 is 0 Å². The van der Waals surface area contributed by atoms with Crippen molar-refractivity contribution < 1.29 is 49.4 Å². The highest BCUT2D eigenvalue weighted by atomic mass is 32.2. The van der Waals surface area contributed by atoms with Crippen molar-refractivity contribution >= 4 is 37.7 Å². The average molecular weight is 574 g/mol. The number of amides is 2. The van der Waals surface area contributed by atoms with Crippen molar-refractivity contribution in [3.05, 3.63) is 70.6 Å². The van der Waals surface area contributed by atoms with Gasteiger partial charge in [-0.25, -0.2) is 30.7 Å². The van der Waals surface area contributed by atoms with E-state index in [1.165, 1.54) is 0 Å². The van der Waals surface area contributed by atoms with Gasteiger partial charge in [-0.05, 0) is 37.3 Å². The third-order valence-corrected chi connectivity index (χ3v) is 7.61. The molecule has 3 rings (SSSR count). The predicted molar refractivity (Wildman–Crippen MR) is 125 cm³/mol. The van der Waals surface area contributed by atoms with E-state index >= 15 is 0 Å². The largest absolute Gasteiger partial charge is 0.511 e. The van der Waals surface area contributed by atoms with Crippen LogP contribution in [0, 0.1) is 11.3 Å². The van der Waals surface area contributed by atoms with Crippen LogP contribution in [0.25, 0.3) is 0 Å². The molecule has 202 valence electrons. The van der Waals surface area contributed by atoms with Crippen LogP contribution < -0.4 is 4.90 Å². The van der Waals surface area contributed by atoms with Gasteiger partial charge < -0.3 is 9.84 Å². The molecule has 2 aromatic carbocycles.